The molecule has 0 unspecified atom stereocenters. The Morgan fingerprint density at radius 3 is 2.87 bits per heavy atom. The van der Waals surface area contributed by atoms with Crippen LogP contribution in [0.3, 0.4) is 0 Å². The molecule has 2 aromatic rings. The van der Waals surface area contributed by atoms with Crippen LogP contribution in [0.25, 0.3) is 6.08 Å². The fraction of sp³-hybridized carbons (Fsp3) is 0.125. The molecule has 23 heavy (non-hydrogen) atoms. The van der Waals surface area contributed by atoms with Crippen molar-refractivity contribution in [2.24, 2.45) is 7.05 Å². The van der Waals surface area contributed by atoms with E-state index in [0.717, 1.165) is 11.3 Å². The zero-order valence-electron chi connectivity index (χ0n) is 12.5. The van der Waals surface area contributed by atoms with Crippen molar-refractivity contribution in [3.05, 3.63) is 52.4 Å². The molecule has 1 aliphatic rings. The first-order valence-corrected chi connectivity index (χ1v) is 8.00. The summed E-state index contributed by atoms with van der Waals surface area (Å²) >= 11 is 6.57. The standard InChI is InChI=1S/C16H12N4OS2/c1-10-11(6-13(8-17)19(10)2)7-14-15(21)20(16(22)23-14)12-4-3-5-18-9-12/h3-7,9H,1-2H3/b14-7+. The van der Waals surface area contributed by atoms with E-state index in [1.54, 1.807) is 41.2 Å². The van der Waals surface area contributed by atoms with Crippen LogP contribution in [-0.4, -0.2) is 19.8 Å². The highest BCUT2D eigenvalue weighted by Crippen LogP contribution is 2.36. The van der Waals surface area contributed by atoms with Gasteiger partial charge >= 0.3 is 0 Å². The first-order chi connectivity index (χ1) is 11.0. The number of rotatable bonds is 2. The highest BCUT2D eigenvalue weighted by molar-refractivity contribution is 8.27. The monoisotopic (exact) mass is 340 g/mol. The summed E-state index contributed by atoms with van der Waals surface area (Å²) in [5, 5.41) is 9.10. The smallest absolute Gasteiger partial charge is 0.270 e. The molecule has 0 spiro atoms. The van der Waals surface area contributed by atoms with Gasteiger partial charge in [-0.05, 0) is 36.8 Å². The number of hydrogen-bond donors (Lipinski definition) is 0. The van der Waals surface area contributed by atoms with E-state index in [-0.39, 0.29) is 5.91 Å². The Bertz CT molecular complexity index is 877. The number of pyridine rings is 1. The number of carbonyl (C=O) groups is 1. The number of hydrogen-bond acceptors (Lipinski definition) is 5. The predicted octanol–water partition coefficient (Wildman–Crippen LogP) is 3.01. The molecule has 0 bridgehead atoms. The third kappa shape index (κ3) is 2.67. The van der Waals surface area contributed by atoms with Gasteiger partial charge in [0, 0.05) is 18.9 Å². The predicted molar refractivity (Wildman–Crippen MR) is 94.8 cm³/mol. The Morgan fingerprint density at radius 1 is 1.48 bits per heavy atom. The molecule has 5 nitrogen and oxygen atoms in total. The molecule has 0 aromatic carbocycles. The van der Waals surface area contributed by atoms with Gasteiger partial charge in [-0.2, -0.15) is 5.26 Å². The Kier molecular flexibility index (Phi) is 4.03. The van der Waals surface area contributed by atoms with Crippen molar-refractivity contribution in [3.63, 3.8) is 0 Å². The molecule has 1 fully saturated rings. The Morgan fingerprint density at radius 2 is 2.26 bits per heavy atom. The minimum Gasteiger partial charge on any atom is -0.339 e. The average molecular weight is 340 g/mol. The van der Waals surface area contributed by atoms with Crippen LogP contribution in [0.4, 0.5) is 5.69 Å². The zero-order chi connectivity index (χ0) is 16.6. The van der Waals surface area contributed by atoms with Gasteiger partial charge < -0.3 is 4.57 Å². The van der Waals surface area contributed by atoms with E-state index in [4.69, 9.17) is 17.5 Å². The SMILES string of the molecule is Cc1c(/C=C2/SC(=S)N(c3cccnc3)C2=O)cc(C#N)n1C. The van der Waals surface area contributed by atoms with Crippen molar-refractivity contribution in [3.8, 4) is 6.07 Å². The fourth-order valence-electron chi connectivity index (χ4n) is 2.29. The number of aromatic nitrogens is 2. The normalized spacial score (nSPS) is 16.2. The lowest BCUT2D eigenvalue weighted by atomic mass is 10.2. The van der Waals surface area contributed by atoms with E-state index in [1.807, 2.05) is 14.0 Å². The molecule has 3 heterocycles. The van der Waals surface area contributed by atoms with Crippen molar-refractivity contribution in [1.82, 2.24) is 9.55 Å². The summed E-state index contributed by atoms with van der Waals surface area (Å²) in [6, 6.07) is 7.46. The maximum Gasteiger partial charge on any atom is 0.270 e. The summed E-state index contributed by atoms with van der Waals surface area (Å²) in [7, 11) is 1.83. The van der Waals surface area contributed by atoms with E-state index < -0.39 is 0 Å². The van der Waals surface area contributed by atoms with Gasteiger partial charge in [0.2, 0.25) is 0 Å². The molecule has 0 N–H and O–H groups in total. The number of thiocarbonyl (C=S) groups is 1. The molecule has 114 valence electrons. The van der Waals surface area contributed by atoms with Crippen LogP contribution in [0, 0.1) is 18.3 Å². The van der Waals surface area contributed by atoms with Crippen LogP contribution in [0.5, 0.6) is 0 Å². The summed E-state index contributed by atoms with van der Waals surface area (Å²) in [5.74, 6) is -0.172. The number of carbonyl (C=O) groups excluding carboxylic acids is 1. The molecule has 3 rings (SSSR count). The second-order valence-corrected chi connectivity index (χ2v) is 6.65. The van der Waals surface area contributed by atoms with E-state index in [0.29, 0.717) is 20.6 Å². The van der Waals surface area contributed by atoms with E-state index in [1.165, 1.54) is 16.7 Å². The third-order valence-corrected chi connectivity index (χ3v) is 4.98. The number of nitriles is 1. The van der Waals surface area contributed by atoms with Gasteiger partial charge in [0.15, 0.2) is 4.32 Å². The average Bonchev–Trinajstić information content (AvgIpc) is 2.99. The van der Waals surface area contributed by atoms with Crippen molar-refractivity contribution in [1.29, 1.82) is 5.26 Å². The van der Waals surface area contributed by atoms with Gasteiger partial charge in [0.05, 0.1) is 16.8 Å². The lowest BCUT2D eigenvalue weighted by Crippen LogP contribution is -2.27. The molecule has 1 aliphatic heterocycles. The summed E-state index contributed by atoms with van der Waals surface area (Å²) in [4.78, 5) is 18.7. The maximum absolute atomic E-state index is 12.6. The molecular weight excluding hydrogens is 328 g/mol. The van der Waals surface area contributed by atoms with Gasteiger partial charge in [-0.1, -0.05) is 24.0 Å². The van der Waals surface area contributed by atoms with E-state index in [2.05, 4.69) is 11.1 Å². The molecule has 0 saturated carbocycles. The van der Waals surface area contributed by atoms with Crippen LogP contribution in [-0.2, 0) is 11.8 Å². The van der Waals surface area contributed by atoms with E-state index in [9.17, 15) is 4.79 Å². The first-order valence-electron chi connectivity index (χ1n) is 6.77. The minimum atomic E-state index is -0.172. The van der Waals surface area contributed by atoms with Crippen LogP contribution >= 0.6 is 24.0 Å². The second-order valence-electron chi connectivity index (χ2n) is 4.97. The third-order valence-electron chi connectivity index (χ3n) is 3.67. The Labute approximate surface area is 143 Å². The van der Waals surface area contributed by atoms with Crippen molar-refractivity contribution < 1.29 is 4.79 Å². The van der Waals surface area contributed by atoms with Gasteiger partial charge in [-0.3, -0.25) is 14.7 Å². The van der Waals surface area contributed by atoms with Crippen LogP contribution in [0.1, 0.15) is 17.0 Å². The van der Waals surface area contributed by atoms with Crippen LogP contribution in [0.15, 0.2) is 35.5 Å². The molecular formula is C16H12N4OS2. The van der Waals surface area contributed by atoms with Crippen molar-refractivity contribution in [2.75, 3.05) is 4.90 Å². The number of thioether (sulfide) groups is 1. The summed E-state index contributed by atoms with van der Waals surface area (Å²) in [6.45, 7) is 1.91. The van der Waals surface area contributed by atoms with Gasteiger partial charge in [-0.15, -0.1) is 0 Å². The molecule has 1 saturated heterocycles. The zero-order valence-corrected chi connectivity index (χ0v) is 14.1. The summed E-state index contributed by atoms with van der Waals surface area (Å²) in [5.41, 5.74) is 2.97. The number of amides is 1. The van der Waals surface area contributed by atoms with Crippen LogP contribution in [0.2, 0.25) is 0 Å². The minimum absolute atomic E-state index is 0.172. The van der Waals surface area contributed by atoms with Crippen molar-refractivity contribution in [2.45, 2.75) is 6.92 Å². The number of anilines is 1. The first kappa shape index (κ1) is 15.5. The van der Waals surface area contributed by atoms with Gasteiger partial charge in [0.25, 0.3) is 5.91 Å². The topological polar surface area (TPSA) is 61.9 Å². The largest absolute Gasteiger partial charge is 0.339 e. The quantitative estimate of drug-likeness (QED) is 0.621. The number of nitrogens with zero attached hydrogens (tertiary/aromatic N) is 4. The lowest BCUT2D eigenvalue weighted by molar-refractivity contribution is -0.113. The van der Waals surface area contributed by atoms with Crippen molar-refractivity contribution >= 4 is 46.0 Å². The maximum atomic E-state index is 12.6. The summed E-state index contributed by atoms with van der Waals surface area (Å²) in [6.07, 6.45) is 5.04. The van der Waals surface area contributed by atoms with E-state index >= 15 is 0 Å². The molecule has 0 aliphatic carbocycles. The Hall–Kier alpha value is -2.43. The molecule has 7 heteroatoms. The van der Waals surface area contributed by atoms with Gasteiger partial charge in [0.1, 0.15) is 11.8 Å². The molecule has 1 amide bonds. The van der Waals surface area contributed by atoms with Gasteiger partial charge in [-0.25, -0.2) is 0 Å². The Balaban J connectivity index is 1.98. The van der Waals surface area contributed by atoms with Crippen LogP contribution < -0.4 is 4.90 Å². The fourth-order valence-corrected chi connectivity index (χ4v) is 3.58. The highest BCUT2D eigenvalue weighted by atomic mass is 32.2. The second kappa shape index (κ2) is 5.99. The lowest BCUT2D eigenvalue weighted by Gasteiger charge is -2.13. The molecule has 0 atom stereocenters. The summed E-state index contributed by atoms with van der Waals surface area (Å²) < 4.78 is 2.27. The highest BCUT2D eigenvalue weighted by Gasteiger charge is 2.33. The molecule has 2 aromatic heterocycles. The molecule has 0 radical (unpaired) electrons.